The number of thiazole rings is 1. The Bertz CT molecular complexity index is 765. The normalized spacial score (nSPS) is 23.0. The standard InChI is InChI=1S/C19H22N4O2S/c24-18-5-4-14-11-22(19(25)16-12-26-13-21-16)9-7-17(14)23(18)10-6-15-3-1-2-8-20-15/h1-3,8,12-14,17H,4-7,9-11H2/t14-,17+/m1/s1. The first-order valence-electron chi connectivity index (χ1n) is 9.09. The zero-order valence-electron chi connectivity index (χ0n) is 14.6. The van der Waals surface area contributed by atoms with Gasteiger partial charge in [0.2, 0.25) is 5.91 Å². The largest absolute Gasteiger partial charge is 0.339 e. The highest BCUT2D eigenvalue weighted by Gasteiger charge is 2.40. The highest BCUT2D eigenvalue weighted by molar-refractivity contribution is 7.07. The van der Waals surface area contributed by atoms with Gasteiger partial charge in [0.15, 0.2) is 0 Å². The van der Waals surface area contributed by atoms with Crippen LogP contribution in [0.15, 0.2) is 35.3 Å². The predicted octanol–water partition coefficient (Wildman–Crippen LogP) is 2.23. The lowest BCUT2D eigenvalue weighted by molar-refractivity contribution is -0.140. The van der Waals surface area contributed by atoms with Crippen molar-refractivity contribution in [3.63, 3.8) is 0 Å². The maximum Gasteiger partial charge on any atom is 0.273 e. The molecule has 2 aliphatic rings. The number of fused-ring (bicyclic) bond motifs is 1. The van der Waals surface area contributed by atoms with E-state index < -0.39 is 0 Å². The quantitative estimate of drug-likeness (QED) is 0.828. The summed E-state index contributed by atoms with van der Waals surface area (Å²) in [5, 5.41) is 1.80. The summed E-state index contributed by atoms with van der Waals surface area (Å²) in [6.07, 6.45) is 4.84. The minimum absolute atomic E-state index is 0.0154. The molecule has 4 heterocycles. The first-order chi connectivity index (χ1) is 12.7. The van der Waals surface area contributed by atoms with Crippen LogP contribution in [0.3, 0.4) is 0 Å². The van der Waals surface area contributed by atoms with Gasteiger partial charge in [-0.05, 0) is 30.9 Å². The molecule has 6 nitrogen and oxygen atoms in total. The Kier molecular flexibility index (Phi) is 4.97. The van der Waals surface area contributed by atoms with Crippen LogP contribution in [0.1, 0.15) is 35.4 Å². The van der Waals surface area contributed by atoms with Crippen molar-refractivity contribution in [2.45, 2.75) is 31.7 Å². The van der Waals surface area contributed by atoms with Crippen LogP contribution in [-0.4, -0.2) is 57.3 Å². The minimum Gasteiger partial charge on any atom is -0.339 e. The molecule has 0 saturated carbocycles. The lowest BCUT2D eigenvalue weighted by Crippen LogP contribution is -2.57. The zero-order valence-corrected chi connectivity index (χ0v) is 15.4. The number of rotatable bonds is 4. The predicted molar refractivity (Wildman–Crippen MR) is 98.8 cm³/mol. The Morgan fingerprint density at radius 3 is 2.96 bits per heavy atom. The van der Waals surface area contributed by atoms with Gasteiger partial charge in [-0.15, -0.1) is 11.3 Å². The van der Waals surface area contributed by atoms with Gasteiger partial charge < -0.3 is 9.80 Å². The number of likely N-dealkylation sites (tertiary alicyclic amines) is 2. The summed E-state index contributed by atoms with van der Waals surface area (Å²) >= 11 is 1.44. The van der Waals surface area contributed by atoms with Crippen molar-refractivity contribution in [2.75, 3.05) is 19.6 Å². The zero-order chi connectivity index (χ0) is 17.9. The fourth-order valence-electron chi connectivity index (χ4n) is 4.09. The molecule has 26 heavy (non-hydrogen) atoms. The van der Waals surface area contributed by atoms with Gasteiger partial charge in [-0.25, -0.2) is 4.98 Å². The van der Waals surface area contributed by atoms with E-state index in [1.165, 1.54) is 11.3 Å². The van der Waals surface area contributed by atoms with E-state index >= 15 is 0 Å². The number of hydrogen-bond donors (Lipinski definition) is 0. The Morgan fingerprint density at radius 2 is 2.19 bits per heavy atom. The number of piperidine rings is 2. The molecular formula is C19H22N4O2S. The fraction of sp³-hybridized carbons (Fsp3) is 0.474. The van der Waals surface area contributed by atoms with Crippen molar-refractivity contribution in [1.82, 2.24) is 19.8 Å². The van der Waals surface area contributed by atoms with Crippen molar-refractivity contribution >= 4 is 23.2 Å². The molecule has 2 amide bonds. The number of aromatic nitrogens is 2. The molecule has 136 valence electrons. The molecule has 0 unspecified atom stereocenters. The molecule has 2 aliphatic heterocycles. The SMILES string of the molecule is O=C(c1cscn1)N1CC[C@H]2[C@H](CCC(=O)N2CCc2ccccn2)C1. The third kappa shape index (κ3) is 3.49. The van der Waals surface area contributed by atoms with Gasteiger partial charge in [0.05, 0.1) is 5.51 Å². The van der Waals surface area contributed by atoms with E-state index in [-0.39, 0.29) is 17.9 Å². The molecule has 2 saturated heterocycles. The van der Waals surface area contributed by atoms with Gasteiger partial charge in [-0.3, -0.25) is 14.6 Å². The Balaban J connectivity index is 1.41. The summed E-state index contributed by atoms with van der Waals surface area (Å²) in [4.78, 5) is 37.5. The van der Waals surface area contributed by atoms with Crippen molar-refractivity contribution in [2.24, 2.45) is 5.92 Å². The maximum absolute atomic E-state index is 12.6. The van der Waals surface area contributed by atoms with Crippen LogP contribution in [0.5, 0.6) is 0 Å². The van der Waals surface area contributed by atoms with Crippen LogP contribution in [0, 0.1) is 5.92 Å². The van der Waals surface area contributed by atoms with Gasteiger partial charge >= 0.3 is 0 Å². The number of carbonyl (C=O) groups excluding carboxylic acids is 2. The average Bonchev–Trinajstić information content (AvgIpc) is 3.22. The maximum atomic E-state index is 12.6. The van der Waals surface area contributed by atoms with Gasteiger partial charge in [0.1, 0.15) is 5.69 Å². The molecule has 0 aliphatic carbocycles. The van der Waals surface area contributed by atoms with Crippen molar-refractivity contribution in [1.29, 1.82) is 0 Å². The van der Waals surface area contributed by atoms with E-state index in [1.54, 1.807) is 17.1 Å². The van der Waals surface area contributed by atoms with Crippen molar-refractivity contribution in [3.8, 4) is 0 Å². The molecular weight excluding hydrogens is 348 g/mol. The Labute approximate surface area is 156 Å². The summed E-state index contributed by atoms with van der Waals surface area (Å²) in [7, 11) is 0. The number of pyridine rings is 1. The van der Waals surface area contributed by atoms with Gasteiger partial charge in [0.25, 0.3) is 5.91 Å². The number of amides is 2. The molecule has 0 N–H and O–H groups in total. The highest BCUT2D eigenvalue weighted by atomic mass is 32.1. The van der Waals surface area contributed by atoms with E-state index in [4.69, 9.17) is 0 Å². The summed E-state index contributed by atoms with van der Waals surface area (Å²) in [6, 6.07) is 6.12. The third-order valence-corrected chi connectivity index (χ3v) is 6.00. The molecule has 7 heteroatoms. The van der Waals surface area contributed by atoms with Crippen LogP contribution in [-0.2, 0) is 11.2 Å². The Hall–Kier alpha value is -2.28. The van der Waals surface area contributed by atoms with E-state index in [0.29, 0.717) is 37.7 Å². The minimum atomic E-state index is 0.0154. The second-order valence-corrected chi connectivity index (χ2v) is 7.66. The fourth-order valence-corrected chi connectivity index (χ4v) is 4.61. The van der Waals surface area contributed by atoms with Crippen LogP contribution < -0.4 is 0 Å². The molecule has 2 aromatic rings. The molecule has 0 spiro atoms. The number of carbonyl (C=O) groups is 2. The number of hydrogen-bond acceptors (Lipinski definition) is 5. The first kappa shape index (κ1) is 17.1. The smallest absolute Gasteiger partial charge is 0.273 e. The molecule has 4 rings (SSSR count). The van der Waals surface area contributed by atoms with Crippen LogP contribution in [0.25, 0.3) is 0 Å². The van der Waals surface area contributed by atoms with E-state index in [0.717, 1.165) is 25.0 Å². The van der Waals surface area contributed by atoms with E-state index in [9.17, 15) is 9.59 Å². The monoisotopic (exact) mass is 370 g/mol. The van der Waals surface area contributed by atoms with E-state index in [2.05, 4.69) is 9.97 Å². The third-order valence-electron chi connectivity index (χ3n) is 5.42. The average molecular weight is 370 g/mol. The second-order valence-electron chi connectivity index (χ2n) is 6.94. The molecule has 2 aromatic heterocycles. The van der Waals surface area contributed by atoms with Gasteiger partial charge in [-0.2, -0.15) is 0 Å². The van der Waals surface area contributed by atoms with Crippen LogP contribution in [0.2, 0.25) is 0 Å². The lowest BCUT2D eigenvalue weighted by Gasteiger charge is -2.47. The molecule has 2 fully saturated rings. The number of nitrogens with zero attached hydrogens (tertiary/aromatic N) is 4. The topological polar surface area (TPSA) is 66.4 Å². The second kappa shape index (κ2) is 7.53. The molecule has 0 bridgehead atoms. The molecule has 2 atom stereocenters. The molecule has 0 radical (unpaired) electrons. The highest BCUT2D eigenvalue weighted by Crippen LogP contribution is 2.32. The lowest BCUT2D eigenvalue weighted by atomic mass is 9.83. The van der Waals surface area contributed by atoms with Crippen LogP contribution in [0.4, 0.5) is 0 Å². The molecule has 0 aromatic carbocycles. The summed E-state index contributed by atoms with van der Waals surface area (Å²) in [6.45, 7) is 2.11. The van der Waals surface area contributed by atoms with Gasteiger partial charge in [0, 0.05) is 55.8 Å². The Morgan fingerprint density at radius 1 is 1.27 bits per heavy atom. The van der Waals surface area contributed by atoms with E-state index in [1.807, 2.05) is 28.0 Å². The summed E-state index contributed by atoms with van der Waals surface area (Å²) in [5.41, 5.74) is 3.24. The summed E-state index contributed by atoms with van der Waals surface area (Å²) in [5.74, 6) is 0.607. The van der Waals surface area contributed by atoms with Crippen molar-refractivity contribution in [3.05, 3.63) is 46.7 Å². The first-order valence-corrected chi connectivity index (χ1v) is 10.0. The van der Waals surface area contributed by atoms with Gasteiger partial charge in [-0.1, -0.05) is 6.07 Å². The van der Waals surface area contributed by atoms with Crippen LogP contribution >= 0.6 is 11.3 Å². The van der Waals surface area contributed by atoms with Crippen molar-refractivity contribution < 1.29 is 9.59 Å². The summed E-state index contributed by atoms with van der Waals surface area (Å²) < 4.78 is 0.